The molecule has 1 heterocycles. The number of anilines is 3. The first-order valence-electron chi connectivity index (χ1n) is 17.0. The Kier molecular flexibility index (Phi) is 4.86. The minimum absolute atomic E-state index is 0.321. The van der Waals surface area contributed by atoms with Crippen LogP contribution in [0.1, 0.15) is 22.3 Å². The molecule has 0 saturated carbocycles. The summed E-state index contributed by atoms with van der Waals surface area (Å²) in [5.74, 6) is 0. The molecule has 3 aliphatic carbocycles. The third kappa shape index (κ3) is 3.12. The van der Waals surface area contributed by atoms with Crippen molar-refractivity contribution >= 4 is 59.3 Å². The maximum atomic E-state index is 2.52. The quantitative estimate of drug-likeness (QED) is 0.186. The molecule has 49 heavy (non-hydrogen) atoms. The Hall–Kier alpha value is -5.96. The van der Waals surface area contributed by atoms with Crippen molar-refractivity contribution in [3.63, 3.8) is 0 Å². The normalized spacial score (nSPS) is 15.8. The standard InChI is InChI=1S/C47H27NS/c1-2-11-29-26-30(23-22-28(29)10-1)48(42-20-9-18-39-34-13-4-6-21-43(34)49-46(39)42)31-24-25-33-36-15-8-17-38-37-16-7-14-35-32-12-3-5-19-40(32)47(44(35)37,45(36)38)41(33)27-31/h1-27H. The highest BCUT2D eigenvalue weighted by atomic mass is 32.1. The molecular formula is C47H27NS. The van der Waals surface area contributed by atoms with Gasteiger partial charge in [-0.25, -0.2) is 0 Å². The Morgan fingerprint density at radius 1 is 0.408 bits per heavy atom. The predicted molar refractivity (Wildman–Crippen MR) is 207 cm³/mol. The topological polar surface area (TPSA) is 3.24 Å². The molecule has 226 valence electrons. The summed E-state index contributed by atoms with van der Waals surface area (Å²) in [6.45, 7) is 0. The van der Waals surface area contributed by atoms with E-state index in [1.807, 2.05) is 11.3 Å². The molecular weight excluding hydrogens is 611 g/mol. The van der Waals surface area contributed by atoms with Crippen molar-refractivity contribution in [3.05, 3.63) is 186 Å². The molecule has 0 radical (unpaired) electrons. The van der Waals surface area contributed by atoms with E-state index in [4.69, 9.17) is 0 Å². The number of rotatable bonds is 3. The highest BCUT2D eigenvalue weighted by Gasteiger charge is 2.57. The number of benzene rings is 8. The lowest BCUT2D eigenvalue weighted by Crippen LogP contribution is -2.23. The summed E-state index contributed by atoms with van der Waals surface area (Å²) in [7, 11) is 0. The second-order valence-electron chi connectivity index (χ2n) is 13.6. The van der Waals surface area contributed by atoms with Gasteiger partial charge in [0.2, 0.25) is 0 Å². The number of hydrogen-bond donors (Lipinski definition) is 0. The fourth-order valence-corrected chi connectivity index (χ4v) is 10.7. The molecule has 9 aromatic rings. The average Bonchev–Trinajstić information content (AvgIpc) is 3.87. The van der Waals surface area contributed by atoms with Crippen molar-refractivity contribution in [1.82, 2.24) is 0 Å². The molecule has 0 fully saturated rings. The van der Waals surface area contributed by atoms with Gasteiger partial charge in [0, 0.05) is 26.8 Å². The molecule has 1 atom stereocenters. The van der Waals surface area contributed by atoms with Gasteiger partial charge in [0.15, 0.2) is 0 Å². The Morgan fingerprint density at radius 2 is 1.00 bits per heavy atom. The summed E-state index contributed by atoms with van der Waals surface area (Å²) in [6, 6.07) is 61.5. The first-order chi connectivity index (χ1) is 24.3. The third-order valence-electron chi connectivity index (χ3n) is 11.4. The van der Waals surface area contributed by atoms with E-state index in [0.29, 0.717) is 0 Å². The SMILES string of the molecule is c1ccc2c(c1)-c1cccc3c1C21c2cc(N(c4ccc5ccccc5c4)c4cccc5c4sc4ccccc45)ccc2-c2cccc-3c21. The van der Waals surface area contributed by atoms with Gasteiger partial charge < -0.3 is 4.90 Å². The van der Waals surface area contributed by atoms with E-state index in [9.17, 15) is 0 Å². The molecule has 0 bridgehead atoms. The summed E-state index contributed by atoms with van der Waals surface area (Å²) >= 11 is 1.89. The van der Waals surface area contributed by atoms with Crippen LogP contribution >= 0.6 is 11.3 Å². The Morgan fingerprint density at radius 3 is 1.84 bits per heavy atom. The number of fused-ring (bicyclic) bond motifs is 9. The first-order valence-corrected chi connectivity index (χ1v) is 17.8. The van der Waals surface area contributed by atoms with Crippen molar-refractivity contribution in [2.45, 2.75) is 5.41 Å². The van der Waals surface area contributed by atoms with Crippen LogP contribution in [-0.4, -0.2) is 0 Å². The molecule has 0 saturated heterocycles. The molecule has 1 unspecified atom stereocenters. The van der Waals surface area contributed by atoms with Crippen LogP contribution in [0.2, 0.25) is 0 Å². The van der Waals surface area contributed by atoms with Crippen LogP contribution in [-0.2, 0) is 5.41 Å². The zero-order valence-corrected chi connectivity index (χ0v) is 27.3. The molecule has 8 aromatic carbocycles. The van der Waals surface area contributed by atoms with Crippen LogP contribution in [0.5, 0.6) is 0 Å². The van der Waals surface area contributed by atoms with Crippen LogP contribution in [0.3, 0.4) is 0 Å². The molecule has 3 aliphatic rings. The van der Waals surface area contributed by atoms with Crippen LogP contribution in [0.25, 0.3) is 64.3 Å². The number of nitrogens with zero attached hydrogens (tertiary/aromatic N) is 1. The van der Waals surface area contributed by atoms with Crippen molar-refractivity contribution in [1.29, 1.82) is 0 Å². The lowest BCUT2D eigenvalue weighted by Gasteiger charge is -2.30. The molecule has 0 aliphatic heterocycles. The van der Waals surface area contributed by atoms with Gasteiger partial charge >= 0.3 is 0 Å². The van der Waals surface area contributed by atoms with Gasteiger partial charge in [-0.3, -0.25) is 0 Å². The van der Waals surface area contributed by atoms with Crippen molar-refractivity contribution in [3.8, 4) is 33.4 Å². The van der Waals surface area contributed by atoms with Gasteiger partial charge in [-0.1, -0.05) is 127 Å². The first kappa shape index (κ1) is 26.0. The Labute approximate surface area is 288 Å². The summed E-state index contributed by atoms with van der Waals surface area (Å²) in [5.41, 5.74) is 17.1. The van der Waals surface area contributed by atoms with Crippen molar-refractivity contribution < 1.29 is 0 Å². The molecule has 1 nitrogen and oxygen atoms in total. The molecule has 1 aromatic heterocycles. The predicted octanol–water partition coefficient (Wildman–Crippen LogP) is 13.0. The van der Waals surface area contributed by atoms with E-state index >= 15 is 0 Å². The molecule has 2 heteroatoms. The second-order valence-corrected chi connectivity index (χ2v) is 14.7. The van der Waals surface area contributed by atoms with E-state index < -0.39 is 0 Å². The van der Waals surface area contributed by atoms with Crippen molar-refractivity contribution in [2.75, 3.05) is 4.90 Å². The van der Waals surface area contributed by atoms with Gasteiger partial charge in [-0.2, -0.15) is 0 Å². The molecule has 12 rings (SSSR count). The van der Waals surface area contributed by atoms with Crippen LogP contribution in [0, 0.1) is 0 Å². The maximum Gasteiger partial charge on any atom is 0.0738 e. The van der Waals surface area contributed by atoms with E-state index in [2.05, 4.69) is 169 Å². The molecule has 0 amide bonds. The molecule has 0 N–H and O–H groups in total. The summed E-state index contributed by atoms with van der Waals surface area (Å²) in [5, 5.41) is 5.11. The van der Waals surface area contributed by atoms with Gasteiger partial charge in [0.1, 0.15) is 0 Å². The van der Waals surface area contributed by atoms with E-state index in [1.54, 1.807) is 0 Å². The van der Waals surface area contributed by atoms with Gasteiger partial charge in [0.25, 0.3) is 0 Å². The van der Waals surface area contributed by atoms with Gasteiger partial charge in [-0.15, -0.1) is 11.3 Å². The maximum absolute atomic E-state index is 2.52. The highest BCUT2D eigenvalue weighted by Crippen LogP contribution is 2.70. The summed E-state index contributed by atoms with van der Waals surface area (Å²) in [6.07, 6.45) is 0. The Balaban J connectivity index is 1.18. The van der Waals surface area contributed by atoms with Crippen LogP contribution < -0.4 is 4.90 Å². The molecule has 1 spiro atoms. The van der Waals surface area contributed by atoms with Crippen LogP contribution in [0.4, 0.5) is 17.1 Å². The lowest BCUT2D eigenvalue weighted by atomic mass is 9.73. The van der Waals surface area contributed by atoms with E-state index in [1.165, 1.54) is 98.0 Å². The van der Waals surface area contributed by atoms with E-state index in [0.717, 1.165) is 5.69 Å². The average molecular weight is 638 g/mol. The van der Waals surface area contributed by atoms with E-state index in [-0.39, 0.29) is 5.41 Å². The fraction of sp³-hybridized carbons (Fsp3) is 0.0213. The smallest absolute Gasteiger partial charge is 0.0738 e. The monoisotopic (exact) mass is 637 g/mol. The van der Waals surface area contributed by atoms with Gasteiger partial charge in [-0.05, 0) is 103 Å². The number of thiophene rings is 1. The van der Waals surface area contributed by atoms with Crippen molar-refractivity contribution in [2.24, 2.45) is 0 Å². The highest BCUT2D eigenvalue weighted by molar-refractivity contribution is 7.26. The zero-order chi connectivity index (χ0) is 31.8. The minimum atomic E-state index is -0.321. The number of hydrogen-bond acceptors (Lipinski definition) is 2. The Bertz CT molecular complexity index is 2870. The minimum Gasteiger partial charge on any atom is -0.309 e. The van der Waals surface area contributed by atoms with Crippen LogP contribution in [0.15, 0.2) is 164 Å². The summed E-state index contributed by atoms with van der Waals surface area (Å²) < 4.78 is 2.62. The second kappa shape index (κ2) is 9.14. The third-order valence-corrected chi connectivity index (χ3v) is 12.6. The largest absolute Gasteiger partial charge is 0.309 e. The lowest BCUT2D eigenvalue weighted by molar-refractivity contribution is 0.818. The zero-order valence-electron chi connectivity index (χ0n) is 26.4. The fourth-order valence-electron chi connectivity index (χ4n) is 9.53. The summed E-state index contributed by atoms with van der Waals surface area (Å²) in [4.78, 5) is 2.51. The van der Waals surface area contributed by atoms with Gasteiger partial charge in [0.05, 0.1) is 15.8 Å².